The van der Waals surface area contributed by atoms with Crippen LogP contribution in [-0.4, -0.2) is 20.4 Å². The molecule has 0 radical (unpaired) electrons. The predicted octanol–water partition coefficient (Wildman–Crippen LogP) is 3.40. The normalized spacial score (nSPS) is 10.5. The van der Waals surface area contributed by atoms with Crippen molar-refractivity contribution >= 4 is 0 Å². The van der Waals surface area contributed by atoms with Crippen molar-refractivity contribution in [2.24, 2.45) is 0 Å². The molecule has 96 valence electrons. The molecule has 0 saturated heterocycles. The van der Waals surface area contributed by atoms with Crippen LogP contribution < -0.4 is 0 Å². The molecule has 3 N–H and O–H groups in total. The molecule has 1 aromatic heterocycles. The van der Waals surface area contributed by atoms with Crippen molar-refractivity contribution in [2.45, 2.75) is 0 Å². The molecule has 19 heavy (non-hydrogen) atoms. The van der Waals surface area contributed by atoms with Crippen molar-refractivity contribution in [1.82, 2.24) is 10.2 Å². The first-order valence-electron chi connectivity index (χ1n) is 5.87. The minimum Gasteiger partial charge on any atom is -0.508 e. The lowest BCUT2D eigenvalue weighted by Crippen LogP contribution is -1.83. The average molecular weight is 254 g/mol. The van der Waals surface area contributed by atoms with Gasteiger partial charge in [-0.25, -0.2) is 0 Å². The highest BCUT2D eigenvalue weighted by molar-refractivity contribution is 5.83. The summed E-state index contributed by atoms with van der Waals surface area (Å²) in [6.07, 6.45) is 1.72. The fourth-order valence-corrected chi connectivity index (χ4v) is 2.06. The van der Waals surface area contributed by atoms with Gasteiger partial charge in [-0.05, 0) is 17.7 Å². The van der Waals surface area contributed by atoms with Crippen LogP contribution in [0.1, 0.15) is 1.43 Å². The molecule has 3 aromatic rings. The summed E-state index contributed by atoms with van der Waals surface area (Å²) in [5, 5.41) is 26.2. The standard InChI is InChI=1S/C15H12N2O2.H2/c18-11-6-7-12(14(19)8-11)15-13(9-16-17-15)10-4-2-1-3-5-10;/h1-9,18-19H,(H,16,17);1H. The number of H-pyrrole nitrogens is 1. The average Bonchev–Trinajstić information content (AvgIpc) is 2.89. The van der Waals surface area contributed by atoms with Gasteiger partial charge in [-0.2, -0.15) is 5.10 Å². The van der Waals surface area contributed by atoms with E-state index < -0.39 is 0 Å². The van der Waals surface area contributed by atoms with Crippen LogP contribution in [-0.2, 0) is 0 Å². The first-order valence-corrected chi connectivity index (χ1v) is 5.87. The Kier molecular flexibility index (Phi) is 2.68. The van der Waals surface area contributed by atoms with E-state index in [0.29, 0.717) is 5.56 Å². The number of hydrogen-bond acceptors (Lipinski definition) is 3. The molecule has 0 saturated carbocycles. The first kappa shape index (κ1) is 11.3. The summed E-state index contributed by atoms with van der Waals surface area (Å²) >= 11 is 0. The molecular weight excluding hydrogens is 240 g/mol. The molecule has 0 spiro atoms. The second kappa shape index (κ2) is 4.49. The van der Waals surface area contributed by atoms with E-state index >= 15 is 0 Å². The van der Waals surface area contributed by atoms with E-state index in [2.05, 4.69) is 10.2 Å². The lowest BCUT2D eigenvalue weighted by atomic mass is 10.0. The Hall–Kier alpha value is -2.75. The highest BCUT2D eigenvalue weighted by Gasteiger charge is 2.13. The van der Waals surface area contributed by atoms with Gasteiger partial charge in [-0.3, -0.25) is 5.10 Å². The number of aromatic amines is 1. The van der Waals surface area contributed by atoms with Gasteiger partial charge in [-0.1, -0.05) is 30.3 Å². The summed E-state index contributed by atoms with van der Waals surface area (Å²) in [5.41, 5.74) is 3.25. The van der Waals surface area contributed by atoms with Gasteiger partial charge in [-0.15, -0.1) is 0 Å². The Morgan fingerprint density at radius 3 is 2.47 bits per heavy atom. The third-order valence-electron chi connectivity index (χ3n) is 2.97. The molecule has 0 amide bonds. The van der Waals surface area contributed by atoms with Crippen LogP contribution in [0.2, 0.25) is 0 Å². The maximum absolute atomic E-state index is 9.93. The minimum atomic E-state index is 0. The number of phenolic OH excluding ortho intramolecular Hbond substituents is 2. The number of phenols is 2. The van der Waals surface area contributed by atoms with Gasteiger partial charge in [0.1, 0.15) is 11.5 Å². The number of aromatic hydroxyl groups is 2. The zero-order valence-corrected chi connectivity index (χ0v) is 10.0. The molecule has 3 rings (SSSR count). The molecule has 1 heterocycles. The third-order valence-corrected chi connectivity index (χ3v) is 2.97. The summed E-state index contributed by atoms with van der Waals surface area (Å²) in [6.45, 7) is 0. The van der Waals surface area contributed by atoms with E-state index in [1.165, 1.54) is 12.1 Å². The van der Waals surface area contributed by atoms with Crippen LogP contribution in [0.5, 0.6) is 11.5 Å². The monoisotopic (exact) mass is 254 g/mol. The van der Waals surface area contributed by atoms with E-state index in [-0.39, 0.29) is 12.9 Å². The number of hydrogen-bond donors (Lipinski definition) is 3. The lowest BCUT2D eigenvalue weighted by molar-refractivity contribution is 0.452. The van der Waals surface area contributed by atoms with E-state index in [1.807, 2.05) is 30.3 Å². The number of aromatic nitrogens is 2. The Labute approximate surface area is 111 Å². The van der Waals surface area contributed by atoms with Crippen LogP contribution in [0.15, 0.2) is 54.7 Å². The molecule has 4 heteroatoms. The molecule has 2 aromatic carbocycles. The molecule has 0 unspecified atom stereocenters. The Balaban J connectivity index is 0.00000147. The topological polar surface area (TPSA) is 69.1 Å². The van der Waals surface area contributed by atoms with Crippen molar-refractivity contribution in [3.8, 4) is 33.9 Å². The molecule has 0 aliphatic heterocycles. The van der Waals surface area contributed by atoms with Crippen LogP contribution >= 0.6 is 0 Å². The van der Waals surface area contributed by atoms with Crippen molar-refractivity contribution < 1.29 is 11.6 Å². The second-order valence-electron chi connectivity index (χ2n) is 4.23. The van der Waals surface area contributed by atoms with Crippen molar-refractivity contribution in [3.05, 3.63) is 54.7 Å². The molecule has 0 aliphatic rings. The predicted molar refractivity (Wildman–Crippen MR) is 74.9 cm³/mol. The van der Waals surface area contributed by atoms with E-state index in [0.717, 1.165) is 16.8 Å². The zero-order chi connectivity index (χ0) is 13.2. The number of nitrogens with zero attached hydrogens (tertiary/aromatic N) is 1. The largest absolute Gasteiger partial charge is 0.508 e. The van der Waals surface area contributed by atoms with E-state index in [1.54, 1.807) is 12.3 Å². The van der Waals surface area contributed by atoms with Crippen molar-refractivity contribution in [2.75, 3.05) is 0 Å². The molecule has 0 bridgehead atoms. The lowest BCUT2D eigenvalue weighted by Gasteiger charge is -2.06. The van der Waals surface area contributed by atoms with Crippen molar-refractivity contribution in [1.29, 1.82) is 0 Å². The fourth-order valence-electron chi connectivity index (χ4n) is 2.06. The van der Waals surface area contributed by atoms with Crippen LogP contribution in [0.4, 0.5) is 0 Å². The van der Waals surface area contributed by atoms with E-state index in [4.69, 9.17) is 0 Å². The summed E-state index contributed by atoms with van der Waals surface area (Å²) in [5.74, 6) is 0.0449. The quantitative estimate of drug-likeness (QED) is 0.656. The van der Waals surface area contributed by atoms with Gasteiger partial charge in [0.15, 0.2) is 0 Å². The van der Waals surface area contributed by atoms with Gasteiger partial charge in [0.05, 0.1) is 11.9 Å². The van der Waals surface area contributed by atoms with Gasteiger partial charge >= 0.3 is 0 Å². The zero-order valence-electron chi connectivity index (χ0n) is 10.0. The molecule has 4 nitrogen and oxygen atoms in total. The van der Waals surface area contributed by atoms with Crippen LogP contribution in [0.3, 0.4) is 0 Å². The van der Waals surface area contributed by atoms with E-state index in [9.17, 15) is 10.2 Å². The third kappa shape index (κ3) is 2.04. The highest BCUT2D eigenvalue weighted by Crippen LogP contribution is 2.36. The number of benzene rings is 2. The molecule has 0 aliphatic carbocycles. The maximum Gasteiger partial charge on any atom is 0.128 e. The summed E-state index contributed by atoms with van der Waals surface area (Å²) in [4.78, 5) is 0. The molecular formula is C15H14N2O2. The summed E-state index contributed by atoms with van der Waals surface area (Å²) < 4.78 is 0. The number of nitrogens with one attached hydrogen (secondary N) is 1. The van der Waals surface area contributed by atoms with Crippen molar-refractivity contribution in [3.63, 3.8) is 0 Å². The van der Waals surface area contributed by atoms with Gasteiger partial charge in [0.2, 0.25) is 0 Å². The Morgan fingerprint density at radius 2 is 1.74 bits per heavy atom. The SMILES string of the molecule is Oc1ccc(-c2[nH]ncc2-c2ccccc2)c(O)c1.[HH]. The summed E-state index contributed by atoms with van der Waals surface area (Å²) in [6, 6.07) is 14.3. The van der Waals surface area contributed by atoms with Crippen LogP contribution in [0, 0.1) is 0 Å². The second-order valence-corrected chi connectivity index (χ2v) is 4.23. The van der Waals surface area contributed by atoms with Crippen LogP contribution in [0.25, 0.3) is 22.4 Å². The number of rotatable bonds is 2. The Bertz CT molecular complexity index is 711. The van der Waals surface area contributed by atoms with Gasteiger partial charge < -0.3 is 10.2 Å². The smallest absolute Gasteiger partial charge is 0.128 e. The van der Waals surface area contributed by atoms with Gasteiger partial charge in [0, 0.05) is 18.6 Å². The fraction of sp³-hybridized carbons (Fsp3) is 0. The minimum absolute atomic E-state index is 0. The molecule has 0 atom stereocenters. The Morgan fingerprint density at radius 1 is 0.947 bits per heavy atom. The highest BCUT2D eigenvalue weighted by atomic mass is 16.3. The molecule has 0 fully saturated rings. The van der Waals surface area contributed by atoms with Gasteiger partial charge in [0.25, 0.3) is 0 Å². The first-order chi connectivity index (χ1) is 9.25. The summed E-state index contributed by atoms with van der Waals surface area (Å²) in [7, 11) is 0. The maximum atomic E-state index is 9.93.